The molecule has 0 saturated heterocycles. The SMILES string of the molecule is CC[C@H](C(=O)NC)N(Cc1ccc(Cl)cc1)C(=O)CSCc1ccccc1Cl. The number of amides is 2. The van der Waals surface area contributed by atoms with Crippen molar-refractivity contribution in [2.24, 2.45) is 0 Å². The summed E-state index contributed by atoms with van der Waals surface area (Å²) in [5.41, 5.74) is 1.92. The Hall–Kier alpha value is -1.69. The van der Waals surface area contributed by atoms with Gasteiger partial charge >= 0.3 is 0 Å². The highest BCUT2D eigenvalue weighted by atomic mass is 35.5. The van der Waals surface area contributed by atoms with E-state index in [1.165, 1.54) is 11.8 Å². The average Bonchev–Trinajstić information content (AvgIpc) is 2.70. The van der Waals surface area contributed by atoms with E-state index in [2.05, 4.69) is 5.32 Å². The molecule has 0 heterocycles. The summed E-state index contributed by atoms with van der Waals surface area (Å²) >= 11 is 13.6. The van der Waals surface area contributed by atoms with Crippen LogP contribution in [0.1, 0.15) is 24.5 Å². The van der Waals surface area contributed by atoms with E-state index in [-0.39, 0.29) is 17.6 Å². The zero-order valence-electron chi connectivity index (χ0n) is 16.0. The molecule has 0 fully saturated rings. The van der Waals surface area contributed by atoms with Crippen LogP contribution >= 0.6 is 35.0 Å². The van der Waals surface area contributed by atoms with Gasteiger partial charge in [-0.15, -0.1) is 11.8 Å². The molecule has 2 rings (SSSR count). The Labute approximate surface area is 180 Å². The minimum Gasteiger partial charge on any atom is -0.357 e. The lowest BCUT2D eigenvalue weighted by Crippen LogP contribution is -2.48. The first-order chi connectivity index (χ1) is 13.5. The Kier molecular flexibility index (Phi) is 9.16. The molecule has 0 radical (unpaired) electrons. The van der Waals surface area contributed by atoms with Crippen molar-refractivity contribution in [1.82, 2.24) is 10.2 Å². The normalized spacial score (nSPS) is 11.7. The van der Waals surface area contributed by atoms with E-state index in [1.54, 1.807) is 24.1 Å². The maximum atomic E-state index is 13.0. The summed E-state index contributed by atoms with van der Waals surface area (Å²) in [6.07, 6.45) is 0.536. The lowest BCUT2D eigenvalue weighted by Gasteiger charge is -2.30. The molecule has 0 bridgehead atoms. The fourth-order valence-electron chi connectivity index (χ4n) is 2.82. The van der Waals surface area contributed by atoms with Crippen molar-refractivity contribution in [3.05, 3.63) is 69.7 Å². The molecule has 28 heavy (non-hydrogen) atoms. The van der Waals surface area contributed by atoms with Gasteiger partial charge in [0.2, 0.25) is 11.8 Å². The number of rotatable bonds is 9. The van der Waals surface area contributed by atoms with Crippen LogP contribution in [0, 0.1) is 0 Å². The van der Waals surface area contributed by atoms with Gasteiger partial charge in [0.15, 0.2) is 0 Å². The lowest BCUT2D eigenvalue weighted by molar-refractivity contribution is -0.139. The van der Waals surface area contributed by atoms with Crippen LogP contribution in [-0.4, -0.2) is 35.6 Å². The topological polar surface area (TPSA) is 49.4 Å². The Balaban J connectivity index is 2.10. The van der Waals surface area contributed by atoms with Gasteiger partial charge < -0.3 is 10.2 Å². The van der Waals surface area contributed by atoms with Crippen molar-refractivity contribution in [2.45, 2.75) is 31.7 Å². The molecule has 7 heteroatoms. The average molecular weight is 439 g/mol. The first-order valence-corrected chi connectivity index (χ1v) is 10.9. The van der Waals surface area contributed by atoms with Gasteiger partial charge in [-0.1, -0.05) is 60.5 Å². The van der Waals surface area contributed by atoms with E-state index in [9.17, 15) is 9.59 Å². The highest BCUT2D eigenvalue weighted by molar-refractivity contribution is 7.99. The van der Waals surface area contributed by atoms with Gasteiger partial charge in [-0.2, -0.15) is 0 Å². The minimum atomic E-state index is -0.519. The molecule has 0 unspecified atom stereocenters. The molecule has 1 atom stereocenters. The highest BCUT2D eigenvalue weighted by Crippen LogP contribution is 2.22. The molecule has 0 aliphatic rings. The second-order valence-corrected chi connectivity index (χ2v) is 8.10. The Morgan fingerprint density at radius 3 is 2.39 bits per heavy atom. The third-order valence-electron chi connectivity index (χ3n) is 4.34. The summed E-state index contributed by atoms with van der Waals surface area (Å²) in [4.78, 5) is 26.9. The molecule has 2 aromatic rings. The van der Waals surface area contributed by atoms with Crippen molar-refractivity contribution in [3.63, 3.8) is 0 Å². The van der Waals surface area contributed by atoms with Crippen molar-refractivity contribution < 1.29 is 9.59 Å². The maximum absolute atomic E-state index is 13.0. The highest BCUT2D eigenvalue weighted by Gasteiger charge is 2.27. The molecule has 0 saturated carbocycles. The van der Waals surface area contributed by atoms with E-state index in [0.29, 0.717) is 28.8 Å². The second-order valence-electron chi connectivity index (χ2n) is 6.27. The lowest BCUT2D eigenvalue weighted by atomic mass is 10.1. The van der Waals surface area contributed by atoms with E-state index < -0.39 is 6.04 Å². The van der Waals surface area contributed by atoms with Gasteiger partial charge in [0.1, 0.15) is 6.04 Å². The number of nitrogens with one attached hydrogen (secondary N) is 1. The van der Waals surface area contributed by atoms with E-state index in [1.807, 2.05) is 43.3 Å². The number of hydrogen-bond donors (Lipinski definition) is 1. The molecule has 150 valence electrons. The van der Waals surface area contributed by atoms with Crippen LogP contribution in [0.5, 0.6) is 0 Å². The van der Waals surface area contributed by atoms with Gasteiger partial charge in [-0.3, -0.25) is 9.59 Å². The number of carbonyl (C=O) groups excluding carboxylic acids is 2. The van der Waals surface area contributed by atoms with Gasteiger partial charge in [0, 0.05) is 29.4 Å². The van der Waals surface area contributed by atoms with Gasteiger partial charge in [0.25, 0.3) is 0 Å². The molecular weight excluding hydrogens is 415 g/mol. The zero-order valence-corrected chi connectivity index (χ0v) is 18.3. The van der Waals surface area contributed by atoms with E-state index in [4.69, 9.17) is 23.2 Å². The number of hydrogen-bond acceptors (Lipinski definition) is 3. The molecule has 1 N–H and O–H groups in total. The molecular formula is C21H24Cl2N2O2S. The molecule has 2 aromatic carbocycles. The zero-order chi connectivity index (χ0) is 20.5. The van der Waals surface area contributed by atoms with Crippen LogP contribution in [0.4, 0.5) is 0 Å². The third kappa shape index (κ3) is 6.43. The number of benzene rings is 2. The largest absolute Gasteiger partial charge is 0.357 e. The summed E-state index contributed by atoms with van der Waals surface area (Å²) in [6.45, 7) is 2.26. The second kappa shape index (κ2) is 11.3. The summed E-state index contributed by atoms with van der Waals surface area (Å²) in [7, 11) is 1.59. The molecule has 0 aliphatic carbocycles. The summed E-state index contributed by atoms with van der Waals surface area (Å²) < 4.78 is 0. The van der Waals surface area contributed by atoms with Crippen LogP contribution in [0.3, 0.4) is 0 Å². The molecule has 0 aliphatic heterocycles. The monoisotopic (exact) mass is 438 g/mol. The fourth-order valence-corrected chi connectivity index (χ4v) is 4.14. The molecule has 0 aromatic heterocycles. The number of likely N-dealkylation sites (N-methyl/N-ethyl adjacent to an activating group) is 1. The molecule has 0 spiro atoms. The van der Waals surface area contributed by atoms with Crippen LogP contribution in [0.25, 0.3) is 0 Å². The van der Waals surface area contributed by atoms with Crippen LogP contribution < -0.4 is 5.32 Å². The van der Waals surface area contributed by atoms with Crippen molar-refractivity contribution >= 4 is 46.8 Å². The summed E-state index contributed by atoms with van der Waals surface area (Å²) in [5.74, 6) is 0.659. The van der Waals surface area contributed by atoms with Crippen LogP contribution in [0.15, 0.2) is 48.5 Å². The number of carbonyl (C=O) groups is 2. The first-order valence-electron chi connectivity index (χ1n) is 9.03. The first kappa shape index (κ1) is 22.6. The Bertz CT molecular complexity index is 799. The molecule has 2 amide bonds. The number of halogens is 2. The van der Waals surface area contributed by atoms with E-state index in [0.717, 1.165) is 11.1 Å². The standard InChI is InChI=1S/C21H24Cl2N2O2S/c1-3-19(21(27)24-2)25(12-15-8-10-17(22)11-9-15)20(26)14-28-13-16-6-4-5-7-18(16)23/h4-11,19H,3,12-14H2,1-2H3,(H,24,27)/t19-/m1/s1. The quantitative estimate of drug-likeness (QED) is 0.612. The van der Waals surface area contributed by atoms with Gasteiger partial charge in [-0.05, 0) is 35.7 Å². The predicted molar refractivity (Wildman–Crippen MR) is 118 cm³/mol. The smallest absolute Gasteiger partial charge is 0.242 e. The molecule has 4 nitrogen and oxygen atoms in total. The van der Waals surface area contributed by atoms with Crippen molar-refractivity contribution in [2.75, 3.05) is 12.8 Å². The van der Waals surface area contributed by atoms with Crippen molar-refractivity contribution in [1.29, 1.82) is 0 Å². The number of nitrogens with zero attached hydrogens (tertiary/aromatic N) is 1. The Morgan fingerprint density at radius 1 is 1.11 bits per heavy atom. The maximum Gasteiger partial charge on any atom is 0.242 e. The van der Waals surface area contributed by atoms with Crippen LogP contribution in [-0.2, 0) is 21.9 Å². The van der Waals surface area contributed by atoms with Crippen molar-refractivity contribution in [3.8, 4) is 0 Å². The minimum absolute atomic E-state index is 0.0811. The number of thioether (sulfide) groups is 1. The third-order valence-corrected chi connectivity index (χ3v) is 5.93. The van der Waals surface area contributed by atoms with Crippen LogP contribution in [0.2, 0.25) is 10.0 Å². The van der Waals surface area contributed by atoms with E-state index >= 15 is 0 Å². The van der Waals surface area contributed by atoms with Gasteiger partial charge in [-0.25, -0.2) is 0 Å². The predicted octanol–water partition coefficient (Wildman–Crippen LogP) is 4.78. The summed E-state index contributed by atoms with van der Waals surface area (Å²) in [6, 6.07) is 14.4. The Morgan fingerprint density at radius 2 is 1.79 bits per heavy atom. The van der Waals surface area contributed by atoms with Gasteiger partial charge in [0.05, 0.1) is 5.75 Å². The fraction of sp³-hybridized carbons (Fsp3) is 0.333. The summed E-state index contributed by atoms with van der Waals surface area (Å²) in [5, 5.41) is 3.98.